The van der Waals surface area contributed by atoms with Crippen LogP contribution in [0, 0.1) is 0 Å². The standard InChI is InChI=1S/C70H142O34/c1-3-4-72-7-8-74-11-12-76-15-16-78-19-20-80-23-24-82-27-28-84-31-32-86-35-36-88-39-40-90-43-44-92-47-48-94-51-52-96-55-56-98-59-60-100-63-64-102-67-68-104-70-69-103-66-65-101-62-61-99-58-57-97-54-53-95-50-49-93-46-45-91-42-41-89-38-37-87-34-33-85-30-29-83-26-25-81-22-21-79-18-17-77-14-13-75-10-9-73-6-5-71-2/h3-70H2,1-2H3. The predicted octanol–water partition coefficient (Wildman–Crippen LogP) is 1.59. The van der Waals surface area contributed by atoms with Crippen LogP contribution >= 0.6 is 0 Å². The highest BCUT2D eigenvalue weighted by atomic mass is 16.6. The van der Waals surface area contributed by atoms with Crippen molar-refractivity contribution < 1.29 is 161 Å². The number of hydrogen-bond acceptors (Lipinski definition) is 34. The van der Waals surface area contributed by atoms with E-state index in [1.54, 1.807) is 7.11 Å². The molecule has 0 unspecified atom stereocenters. The van der Waals surface area contributed by atoms with Crippen molar-refractivity contribution in [3.05, 3.63) is 0 Å². The second-order valence-electron chi connectivity index (χ2n) is 21.2. The van der Waals surface area contributed by atoms with Crippen molar-refractivity contribution in [2.75, 3.05) is 450 Å². The van der Waals surface area contributed by atoms with Crippen molar-refractivity contribution in [3.8, 4) is 0 Å². The van der Waals surface area contributed by atoms with Gasteiger partial charge in [0.15, 0.2) is 0 Å². The smallest absolute Gasteiger partial charge is 0.0701 e. The van der Waals surface area contributed by atoms with Gasteiger partial charge in [-0.15, -0.1) is 0 Å². The Balaban J connectivity index is 3.09. The summed E-state index contributed by atoms with van der Waals surface area (Å²) >= 11 is 0. The maximum Gasteiger partial charge on any atom is 0.0701 e. The molecule has 0 bridgehead atoms. The molecule has 0 amide bonds. The van der Waals surface area contributed by atoms with Crippen LogP contribution in [0.2, 0.25) is 0 Å². The molecule has 0 aromatic heterocycles. The third kappa shape index (κ3) is 101. The summed E-state index contributed by atoms with van der Waals surface area (Å²) in [6.07, 6.45) is 1.02. The van der Waals surface area contributed by atoms with Crippen LogP contribution in [0.25, 0.3) is 0 Å². The summed E-state index contributed by atoms with van der Waals surface area (Å²) in [5.74, 6) is 0. The number of rotatable bonds is 101. The van der Waals surface area contributed by atoms with Crippen LogP contribution in [0.15, 0.2) is 0 Å². The van der Waals surface area contributed by atoms with Gasteiger partial charge in [-0.2, -0.15) is 0 Å². The first-order valence-corrected chi connectivity index (χ1v) is 37.5. The minimum absolute atomic E-state index is 0.479. The molecular weight excluding hydrogens is 1380 g/mol. The topological polar surface area (TPSA) is 314 Å². The molecule has 0 aromatic carbocycles. The molecule has 104 heavy (non-hydrogen) atoms. The van der Waals surface area contributed by atoms with Gasteiger partial charge in [0.1, 0.15) is 0 Å². The van der Waals surface area contributed by atoms with E-state index < -0.39 is 0 Å². The average molecular weight is 1530 g/mol. The van der Waals surface area contributed by atoms with Gasteiger partial charge in [0, 0.05) is 13.7 Å². The van der Waals surface area contributed by atoms with Crippen molar-refractivity contribution >= 4 is 0 Å². The molecule has 34 heteroatoms. The average Bonchev–Trinajstić information content (AvgIpc) is 3.68. The molecule has 0 fully saturated rings. The summed E-state index contributed by atoms with van der Waals surface area (Å²) in [5.41, 5.74) is 0. The van der Waals surface area contributed by atoms with E-state index in [4.69, 9.17) is 161 Å². The predicted molar refractivity (Wildman–Crippen MR) is 379 cm³/mol. The highest BCUT2D eigenvalue weighted by molar-refractivity contribution is 4.45. The molecule has 34 nitrogen and oxygen atoms in total. The lowest BCUT2D eigenvalue weighted by Crippen LogP contribution is -2.16. The fraction of sp³-hybridized carbons (Fsp3) is 1.00. The van der Waals surface area contributed by atoms with E-state index in [2.05, 4.69) is 6.92 Å². The molecule has 0 spiro atoms. The van der Waals surface area contributed by atoms with Gasteiger partial charge in [0.25, 0.3) is 0 Å². The number of ether oxygens (including phenoxy) is 34. The largest absolute Gasteiger partial charge is 0.382 e. The Morgan fingerprint density at radius 2 is 0.144 bits per heavy atom. The molecule has 0 radical (unpaired) electrons. The Hall–Kier alpha value is -1.36. The first kappa shape index (κ1) is 103. The molecule has 0 rings (SSSR count). The van der Waals surface area contributed by atoms with E-state index in [9.17, 15) is 0 Å². The van der Waals surface area contributed by atoms with Crippen LogP contribution in [0.4, 0.5) is 0 Å². The zero-order valence-electron chi connectivity index (χ0n) is 64.0. The minimum Gasteiger partial charge on any atom is -0.382 e. The minimum atomic E-state index is 0.479. The molecule has 626 valence electrons. The highest BCUT2D eigenvalue weighted by Gasteiger charge is 2.03. The first-order valence-electron chi connectivity index (χ1n) is 37.5. The van der Waals surface area contributed by atoms with Gasteiger partial charge in [-0.25, -0.2) is 0 Å². The fourth-order valence-electron chi connectivity index (χ4n) is 7.43. The summed E-state index contributed by atoms with van der Waals surface area (Å²) in [4.78, 5) is 0. The Morgan fingerprint density at radius 3 is 0.202 bits per heavy atom. The third-order valence-electron chi connectivity index (χ3n) is 12.7. The summed E-state index contributed by atoms with van der Waals surface area (Å²) in [6, 6.07) is 0. The maximum atomic E-state index is 5.54. The summed E-state index contributed by atoms with van der Waals surface area (Å²) in [5, 5.41) is 0. The zero-order chi connectivity index (χ0) is 74.1. The van der Waals surface area contributed by atoms with E-state index in [1.807, 2.05) is 0 Å². The van der Waals surface area contributed by atoms with Gasteiger partial charge < -0.3 is 161 Å². The van der Waals surface area contributed by atoms with E-state index in [1.165, 1.54) is 0 Å². The normalized spacial score (nSPS) is 11.8. The summed E-state index contributed by atoms with van der Waals surface area (Å²) in [7, 11) is 1.64. The molecule has 0 aliphatic carbocycles. The van der Waals surface area contributed by atoms with Crippen LogP contribution < -0.4 is 0 Å². The Kier molecular flexibility index (Phi) is 100. The van der Waals surface area contributed by atoms with E-state index >= 15 is 0 Å². The van der Waals surface area contributed by atoms with Crippen LogP contribution in [-0.2, 0) is 161 Å². The quantitative estimate of drug-likeness (QED) is 0.0781. The van der Waals surface area contributed by atoms with Crippen molar-refractivity contribution in [3.63, 3.8) is 0 Å². The highest BCUT2D eigenvalue weighted by Crippen LogP contribution is 1.94. The lowest BCUT2D eigenvalue weighted by atomic mass is 10.5. The SMILES string of the molecule is CCCOCCOCCOCCOCCOCCOCCOCCOCCOCCOCCOCCOCCOCCOCCOCCOCCOCCOCCOCCOCCOCCOCCOCCOCCOCCOCCOCCOCCOCCOCCOCCOCCOCCOC. The molecule has 0 saturated carbocycles. The molecule has 0 aromatic rings. The van der Waals surface area contributed by atoms with Gasteiger partial charge >= 0.3 is 0 Å². The van der Waals surface area contributed by atoms with Crippen LogP contribution in [0.5, 0.6) is 0 Å². The molecule has 0 aliphatic heterocycles. The lowest BCUT2D eigenvalue weighted by Gasteiger charge is -2.09. The number of methoxy groups -OCH3 is 1. The Labute approximate surface area is 622 Å². The molecule has 0 aliphatic rings. The molecule has 0 heterocycles. The second-order valence-corrected chi connectivity index (χ2v) is 21.2. The van der Waals surface area contributed by atoms with Crippen molar-refractivity contribution in [2.24, 2.45) is 0 Å². The van der Waals surface area contributed by atoms with Crippen molar-refractivity contribution in [2.45, 2.75) is 13.3 Å². The van der Waals surface area contributed by atoms with Gasteiger partial charge in [0.2, 0.25) is 0 Å². The Bertz CT molecular complexity index is 1350. The van der Waals surface area contributed by atoms with Gasteiger partial charge in [-0.3, -0.25) is 0 Å². The van der Waals surface area contributed by atoms with E-state index in [-0.39, 0.29) is 0 Å². The van der Waals surface area contributed by atoms with E-state index in [0.29, 0.717) is 436 Å². The van der Waals surface area contributed by atoms with Crippen LogP contribution in [0.3, 0.4) is 0 Å². The van der Waals surface area contributed by atoms with Crippen LogP contribution in [-0.4, -0.2) is 450 Å². The Morgan fingerprint density at radius 1 is 0.0865 bits per heavy atom. The van der Waals surface area contributed by atoms with Crippen molar-refractivity contribution in [1.29, 1.82) is 0 Å². The van der Waals surface area contributed by atoms with E-state index in [0.717, 1.165) is 13.0 Å². The maximum absolute atomic E-state index is 5.54. The first-order chi connectivity index (χ1) is 51.9. The molecule has 0 atom stereocenters. The third-order valence-corrected chi connectivity index (χ3v) is 12.7. The van der Waals surface area contributed by atoms with Gasteiger partial charge in [0.05, 0.1) is 436 Å². The van der Waals surface area contributed by atoms with Gasteiger partial charge in [-0.05, 0) is 6.42 Å². The fourth-order valence-corrected chi connectivity index (χ4v) is 7.43. The lowest BCUT2D eigenvalue weighted by molar-refractivity contribution is -0.0326. The second kappa shape index (κ2) is 102. The molecular formula is C70H142O34. The monoisotopic (exact) mass is 1530 g/mol. The zero-order valence-corrected chi connectivity index (χ0v) is 64.0. The molecule has 0 saturated heterocycles. The van der Waals surface area contributed by atoms with Crippen LogP contribution in [0.1, 0.15) is 13.3 Å². The number of hydrogen-bond donors (Lipinski definition) is 0. The van der Waals surface area contributed by atoms with Crippen molar-refractivity contribution in [1.82, 2.24) is 0 Å². The van der Waals surface area contributed by atoms with Gasteiger partial charge in [-0.1, -0.05) is 6.92 Å². The summed E-state index contributed by atoms with van der Waals surface area (Å²) < 4.78 is 187. The summed E-state index contributed by atoms with van der Waals surface area (Å²) in [6.45, 7) is 35.8. The molecule has 0 N–H and O–H groups in total.